The highest BCUT2D eigenvalue weighted by atomic mass is 16.6. The molecule has 3 N–H and O–H groups in total. The lowest BCUT2D eigenvalue weighted by molar-refractivity contribution is -0.0946. The molecule has 1 aromatic heterocycles. The molecule has 1 fully saturated rings. The number of hydrogen-bond donors (Lipinski definition) is 2. The van der Waals surface area contributed by atoms with Crippen molar-refractivity contribution in [1.82, 2.24) is 9.13 Å². The third kappa shape index (κ3) is 7.10. The van der Waals surface area contributed by atoms with Crippen molar-refractivity contribution in [2.75, 3.05) is 27.4 Å². The number of aromatic nitrogens is 2. The predicted octanol–water partition coefficient (Wildman–Crippen LogP) is 4.20. The Morgan fingerprint density at radius 3 is 2.00 bits per heavy atom. The summed E-state index contributed by atoms with van der Waals surface area (Å²) in [6, 6.07) is 26.6. The molecule has 3 atom stereocenters. The first-order valence-corrected chi connectivity index (χ1v) is 15.8. The molecule has 1 aliphatic heterocycles. The third-order valence-corrected chi connectivity index (χ3v) is 8.58. The Kier molecular flexibility index (Phi) is 11.1. The molecular formula is C36H43N3O7. The second-order valence-corrected chi connectivity index (χ2v) is 11.4. The molecule has 0 radical (unpaired) electrons. The van der Waals surface area contributed by atoms with Crippen LogP contribution in [0.1, 0.15) is 55.0 Å². The minimum atomic E-state index is -1.09. The van der Waals surface area contributed by atoms with Gasteiger partial charge in [0, 0.05) is 25.2 Å². The standard InChI is InChI=1S/C36H43N3O7/c1-43-29-16-12-27(13-17-29)36(26-10-6-5-7-11-26,28-14-18-30(44-2)19-15-28)45-25-32-31(40)24-34(46-32)39-23-20-33(41)38(35(39)42)22-9-4-3-8-21-37/h5-7,10-20,23,31-32,34,40H,3-4,8-9,21-22,24-25,37H2,1-2H3/t31-,32+,34+/m0/s1. The molecule has 4 aromatic rings. The highest BCUT2D eigenvalue weighted by Crippen LogP contribution is 2.42. The van der Waals surface area contributed by atoms with Gasteiger partial charge in [0.25, 0.3) is 5.56 Å². The van der Waals surface area contributed by atoms with Crippen molar-refractivity contribution in [3.63, 3.8) is 0 Å². The second-order valence-electron chi connectivity index (χ2n) is 11.4. The van der Waals surface area contributed by atoms with Gasteiger partial charge in [-0.3, -0.25) is 13.9 Å². The van der Waals surface area contributed by atoms with Crippen molar-refractivity contribution >= 4 is 0 Å². The van der Waals surface area contributed by atoms with Crippen molar-refractivity contribution in [3.05, 3.63) is 129 Å². The summed E-state index contributed by atoms with van der Waals surface area (Å²) in [6.07, 6.45) is 2.64. The van der Waals surface area contributed by atoms with Crippen LogP contribution in [0.2, 0.25) is 0 Å². The lowest BCUT2D eigenvalue weighted by Crippen LogP contribution is -2.40. The van der Waals surface area contributed by atoms with E-state index in [2.05, 4.69) is 0 Å². The fraction of sp³-hybridized carbons (Fsp3) is 0.389. The lowest BCUT2D eigenvalue weighted by Gasteiger charge is -2.37. The number of nitrogens with zero attached hydrogens (tertiary/aromatic N) is 2. The second kappa shape index (κ2) is 15.4. The Morgan fingerprint density at radius 1 is 0.826 bits per heavy atom. The molecule has 0 unspecified atom stereocenters. The first-order chi connectivity index (χ1) is 22.4. The maximum Gasteiger partial charge on any atom is 0.333 e. The van der Waals surface area contributed by atoms with E-state index < -0.39 is 29.7 Å². The molecule has 10 nitrogen and oxygen atoms in total. The molecule has 3 aromatic carbocycles. The molecule has 0 spiro atoms. The summed E-state index contributed by atoms with van der Waals surface area (Å²) in [5, 5.41) is 11.2. The molecule has 1 aliphatic rings. The van der Waals surface area contributed by atoms with Crippen LogP contribution >= 0.6 is 0 Å². The van der Waals surface area contributed by atoms with Crippen LogP contribution < -0.4 is 26.5 Å². The molecule has 0 bridgehead atoms. The van der Waals surface area contributed by atoms with Crippen LogP contribution in [-0.4, -0.2) is 53.8 Å². The van der Waals surface area contributed by atoms with E-state index in [4.69, 9.17) is 24.7 Å². The van der Waals surface area contributed by atoms with Crippen LogP contribution in [0.3, 0.4) is 0 Å². The van der Waals surface area contributed by atoms with Crippen molar-refractivity contribution in [3.8, 4) is 11.5 Å². The van der Waals surface area contributed by atoms with Gasteiger partial charge in [-0.15, -0.1) is 0 Å². The highest BCUT2D eigenvalue weighted by Gasteiger charge is 2.42. The Hall–Kier alpha value is -4.22. The zero-order valence-corrected chi connectivity index (χ0v) is 26.4. The van der Waals surface area contributed by atoms with E-state index in [1.165, 1.54) is 21.4 Å². The summed E-state index contributed by atoms with van der Waals surface area (Å²) < 4.78 is 26.7. The molecule has 1 saturated heterocycles. The summed E-state index contributed by atoms with van der Waals surface area (Å²) in [6.45, 7) is 0.950. The van der Waals surface area contributed by atoms with Gasteiger partial charge in [-0.2, -0.15) is 0 Å². The summed E-state index contributed by atoms with van der Waals surface area (Å²) >= 11 is 0. The van der Waals surface area contributed by atoms with E-state index in [1.807, 2.05) is 78.9 Å². The van der Waals surface area contributed by atoms with Gasteiger partial charge in [0.1, 0.15) is 29.4 Å². The Labute approximate surface area is 268 Å². The van der Waals surface area contributed by atoms with Gasteiger partial charge in [0.2, 0.25) is 0 Å². The lowest BCUT2D eigenvalue weighted by atomic mass is 9.80. The number of methoxy groups -OCH3 is 2. The number of ether oxygens (including phenoxy) is 4. The van der Waals surface area contributed by atoms with Crippen molar-refractivity contribution in [1.29, 1.82) is 0 Å². The van der Waals surface area contributed by atoms with Crippen molar-refractivity contribution < 1.29 is 24.1 Å². The summed E-state index contributed by atoms with van der Waals surface area (Å²) in [7, 11) is 3.24. The SMILES string of the molecule is COc1ccc(C(OC[C@H]2O[C@@H](n3ccc(=O)n(CCCCCCN)c3=O)C[C@@H]2O)(c2ccccc2)c2ccc(OC)cc2)cc1. The Morgan fingerprint density at radius 2 is 1.41 bits per heavy atom. The fourth-order valence-corrected chi connectivity index (χ4v) is 6.04. The maximum atomic E-state index is 13.4. The average molecular weight is 630 g/mol. The van der Waals surface area contributed by atoms with E-state index in [1.54, 1.807) is 14.2 Å². The number of nitrogens with two attached hydrogens (primary N) is 1. The Bertz CT molecular complexity index is 1610. The van der Waals surface area contributed by atoms with Gasteiger partial charge >= 0.3 is 5.69 Å². The maximum absolute atomic E-state index is 13.4. The summed E-state index contributed by atoms with van der Waals surface area (Å²) in [4.78, 5) is 25.9. The van der Waals surface area contributed by atoms with E-state index >= 15 is 0 Å². The monoisotopic (exact) mass is 629 g/mol. The normalized spacial score (nSPS) is 18.0. The van der Waals surface area contributed by atoms with Gasteiger partial charge in [-0.1, -0.05) is 67.4 Å². The van der Waals surface area contributed by atoms with E-state index in [0.29, 0.717) is 31.0 Å². The van der Waals surface area contributed by atoms with E-state index in [9.17, 15) is 14.7 Å². The fourth-order valence-electron chi connectivity index (χ4n) is 6.04. The minimum Gasteiger partial charge on any atom is -0.497 e. The number of hydrogen-bond acceptors (Lipinski definition) is 8. The minimum absolute atomic E-state index is 0.0140. The van der Waals surface area contributed by atoms with Gasteiger partial charge in [0.05, 0.1) is 26.9 Å². The van der Waals surface area contributed by atoms with Crippen molar-refractivity contribution in [2.24, 2.45) is 5.73 Å². The number of rotatable bonds is 15. The molecule has 0 amide bonds. The zero-order valence-electron chi connectivity index (χ0n) is 26.4. The van der Waals surface area contributed by atoms with E-state index in [-0.39, 0.29) is 18.6 Å². The van der Waals surface area contributed by atoms with Crippen LogP contribution in [0, 0.1) is 0 Å². The number of benzene rings is 3. The van der Waals surface area contributed by atoms with Crippen LogP contribution in [-0.2, 0) is 21.6 Å². The van der Waals surface area contributed by atoms with Crippen LogP contribution in [0.4, 0.5) is 0 Å². The van der Waals surface area contributed by atoms with Gasteiger partial charge in [0.15, 0.2) is 0 Å². The third-order valence-electron chi connectivity index (χ3n) is 8.58. The topological polar surface area (TPSA) is 127 Å². The summed E-state index contributed by atoms with van der Waals surface area (Å²) in [5.41, 5.74) is 6.25. The van der Waals surface area contributed by atoms with Crippen molar-refractivity contribution in [2.45, 2.75) is 62.7 Å². The first-order valence-electron chi connectivity index (χ1n) is 15.8. The smallest absolute Gasteiger partial charge is 0.333 e. The van der Waals surface area contributed by atoms with Gasteiger partial charge < -0.3 is 29.8 Å². The van der Waals surface area contributed by atoms with Crippen LogP contribution in [0.5, 0.6) is 11.5 Å². The molecule has 0 saturated carbocycles. The zero-order chi connectivity index (χ0) is 32.5. The van der Waals surface area contributed by atoms with E-state index in [0.717, 1.165) is 36.0 Å². The number of aliphatic hydroxyl groups excluding tert-OH is 1. The molecule has 0 aliphatic carbocycles. The Balaban J connectivity index is 1.44. The average Bonchev–Trinajstić information content (AvgIpc) is 3.46. The first kappa shape index (κ1) is 33.2. The number of aliphatic hydroxyl groups is 1. The quantitative estimate of drug-likeness (QED) is 0.148. The molecule has 46 heavy (non-hydrogen) atoms. The van der Waals surface area contributed by atoms with Gasteiger partial charge in [-0.25, -0.2) is 4.79 Å². The summed E-state index contributed by atoms with van der Waals surface area (Å²) in [5.74, 6) is 1.42. The molecule has 2 heterocycles. The molecule has 5 rings (SSSR count). The van der Waals surface area contributed by atoms with Crippen LogP contribution in [0.15, 0.2) is 101 Å². The highest BCUT2D eigenvalue weighted by molar-refractivity contribution is 5.49. The number of unbranched alkanes of at least 4 members (excludes halogenated alkanes) is 3. The largest absolute Gasteiger partial charge is 0.497 e. The molecule has 10 heteroatoms. The molecular weight excluding hydrogens is 586 g/mol. The molecule has 244 valence electrons. The predicted molar refractivity (Wildman–Crippen MR) is 175 cm³/mol. The van der Waals surface area contributed by atoms with Crippen LogP contribution in [0.25, 0.3) is 0 Å². The van der Waals surface area contributed by atoms with Gasteiger partial charge in [-0.05, 0) is 60.3 Å².